The van der Waals surface area contributed by atoms with Crippen LogP contribution in [0.5, 0.6) is 0 Å². The number of hydrogen-bond donors (Lipinski definition) is 1. The summed E-state index contributed by atoms with van der Waals surface area (Å²) in [6.45, 7) is 2.88. The third kappa shape index (κ3) is 3.76. The lowest BCUT2D eigenvalue weighted by atomic mass is 9.80. The molecule has 1 saturated heterocycles. The van der Waals surface area contributed by atoms with E-state index in [4.69, 9.17) is 5.11 Å². The Morgan fingerprint density at radius 1 is 1.45 bits per heavy atom. The summed E-state index contributed by atoms with van der Waals surface area (Å²) >= 11 is 3.32. The lowest BCUT2D eigenvalue weighted by molar-refractivity contribution is -0.152. The number of carbonyl (C=O) groups is 2. The van der Waals surface area contributed by atoms with Crippen LogP contribution in [0, 0.1) is 5.41 Å². The first-order chi connectivity index (χ1) is 9.51. The van der Waals surface area contributed by atoms with Gasteiger partial charge in [0, 0.05) is 23.7 Å². The predicted octanol–water partition coefficient (Wildman–Crippen LogP) is 2.69. The largest absolute Gasteiger partial charge is 0.481 e. The molecule has 110 valence electrons. The maximum atomic E-state index is 12.1. The van der Waals surface area contributed by atoms with Crippen molar-refractivity contribution in [1.82, 2.24) is 4.90 Å². The fourth-order valence-electron chi connectivity index (χ4n) is 2.19. The van der Waals surface area contributed by atoms with Crippen molar-refractivity contribution in [3.63, 3.8) is 0 Å². The molecule has 0 unspecified atom stereocenters. The molecule has 4 nitrogen and oxygen atoms in total. The summed E-state index contributed by atoms with van der Waals surface area (Å²) in [4.78, 5) is 26.3. The first-order valence-electron chi connectivity index (χ1n) is 6.62. The Kier molecular flexibility index (Phi) is 5.10. The molecule has 2 rings (SSSR count). The second-order valence-electron chi connectivity index (χ2n) is 5.32. The minimum atomic E-state index is -0.753. The van der Waals surface area contributed by atoms with E-state index in [0.29, 0.717) is 31.7 Å². The van der Waals surface area contributed by atoms with Crippen LogP contribution in [0.3, 0.4) is 0 Å². The molecule has 0 bridgehead atoms. The third-order valence-electron chi connectivity index (χ3n) is 3.79. The van der Waals surface area contributed by atoms with E-state index < -0.39 is 11.4 Å². The molecule has 0 aliphatic carbocycles. The molecule has 0 radical (unpaired) electrons. The molecule has 1 amide bonds. The molecule has 1 fully saturated rings. The highest BCUT2D eigenvalue weighted by atomic mass is 32.2. The van der Waals surface area contributed by atoms with Gasteiger partial charge < -0.3 is 10.0 Å². The van der Waals surface area contributed by atoms with Crippen molar-refractivity contribution in [2.45, 2.75) is 25.5 Å². The molecule has 6 heteroatoms. The number of thioether (sulfide) groups is 1. The zero-order chi connectivity index (χ0) is 14.6. The summed E-state index contributed by atoms with van der Waals surface area (Å²) in [5.74, 6) is 0.710. The monoisotopic (exact) mass is 313 g/mol. The quantitative estimate of drug-likeness (QED) is 0.908. The first-order valence-corrected chi connectivity index (χ1v) is 8.66. The van der Waals surface area contributed by atoms with E-state index in [1.54, 1.807) is 34.9 Å². The van der Waals surface area contributed by atoms with E-state index in [0.717, 1.165) is 5.75 Å². The summed E-state index contributed by atoms with van der Waals surface area (Å²) in [5, 5.41) is 11.2. The molecule has 1 aliphatic rings. The maximum absolute atomic E-state index is 12.1. The van der Waals surface area contributed by atoms with Crippen LogP contribution in [0.25, 0.3) is 0 Å². The lowest BCUT2D eigenvalue weighted by Gasteiger charge is -2.36. The Balaban J connectivity index is 1.73. The van der Waals surface area contributed by atoms with E-state index in [1.807, 2.05) is 11.4 Å². The molecule has 0 atom stereocenters. The summed E-state index contributed by atoms with van der Waals surface area (Å²) in [6, 6.07) is 4.08. The molecular weight excluding hydrogens is 294 g/mol. The van der Waals surface area contributed by atoms with Crippen LogP contribution in [-0.2, 0) is 15.3 Å². The van der Waals surface area contributed by atoms with Crippen LogP contribution < -0.4 is 0 Å². The van der Waals surface area contributed by atoms with Crippen LogP contribution in [0.2, 0.25) is 0 Å². The van der Waals surface area contributed by atoms with E-state index in [2.05, 4.69) is 6.07 Å². The van der Waals surface area contributed by atoms with Gasteiger partial charge in [0.1, 0.15) is 0 Å². The Morgan fingerprint density at radius 2 is 2.15 bits per heavy atom. The van der Waals surface area contributed by atoms with Gasteiger partial charge in [0.15, 0.2) is 0 Å². The maximum Gasteiger partial charge on any atom is 0.309 e. The number of carboxylic acid groups (broad SMARTS) is 1. The van der Waals surface area contributed by atoms with Gasteiger partial charge in [-0.2, -0.15) is 0 Å². The second-order valence-corrected chi connectivity index (χ2v) is 7.34. The second kappa shape index (κ2) is 6.63. The van der Waals surface area contributed by atoms with E-state index in [-0.39, 0.29) is 5.91 Å². The fraction of sp³-hybridized carbons (Fsp3) is 0.571. The number of likely N-dealkylation sites (tertiary alicyclic amines) is 1. The number of thiophene rings is 1. The zero-order valence-electron chi connectivity index (χ0n) is 11.5. The van der Waals surface area contributed by atoms with Gasteiger partial charge >= 0.3 is 5.97 Å². The highest BCUT2D eigenvalue weighted by molar-refractivity contribution is 7.99. The Bertz CT molecular complexity index is 465. The normalized spacial score (nSPS) is 17.9. The minimum Gasteiger partial charge on any atom is -0.481 e. The Morgan fingerprint density at radius 3 is 2.70 bits per heavy atom. The van der Waals surface area contributed by atoms with Crippen molar-refractivity contribution in [3.05, 3.63) is 22.4 Å². The standard InChI is InChI=1S/C14H19NO3S2/c1-14(13(17)18)4-6-15(7-5-14)12(16)10-19-9-11-3-2-8-20-11/h2-3,8H,4-7,9-10H2,1H3,(H,17,18). The van der Waals surface area contributed by atoms with Crippen molar-refractivity contribution in [2.24, 2.45) is 5.41 Å². The Hall–Kier alpha value is -1.01. The molecule has 20 heavy (non-hydrogen) atoms. The van der Waals surface area contributed by atoms with Gasteiger partial charge in [-0.1, -0.05) is 6.07 Å². The number of aliphatic carboxylic acids is 1. The molecule has 0 aromatic carbocycles. The highest BCUT2D eigenvalue weighted by Gasteiger charge is 2.37. The van der Waals surface area contributed by atoms with Gasteiger partial charge in [-0.25, -0.2) is 0 Å². The molecular formula is C14H19NO3S2. The molecule has 1 aliphatic heterocycles. The number of carboxylic acids is 1. The van der Waals surface area contributed by atoms with Crippen molar-refractivity contribution < 1.29 is 14.7 Å². The van der Waals surface area contributed by atoms with Gasteiger partial charge in [-0.3, -0.25) is 9.59 Å². The number of nitrogens with zero attached hydrogens (tertiary/aromatic N) is 1. The smallest absolute Gasteiger partial charge is 0.309 e. The van der Waals surface area contributed by atoms with Gasteiger partial charge in [0.25, 0.3) is 0 Å². The van der Waals surface area contributed by atoms with Crippen LogP contribution >= 0.6 is 23.1 Å². The molecule has 1 aromatic rings. The summed E-state index contributed by atoms with van der Waals surface area (Å²) in [6.07, 6.45) is 1.09. The van der Waals surface area contributed by atoms with Crippen molar-refractivity contribution >= 4 is 35.0 Å². The highest BCUT2D eigenvalue weighted by Crippen LogP contribution is 2.31. The Labute approximate surface area is 127 Å². The average Bonchev–Trinajstić information content (AvgIpc) is 2.92. The van der Waals surface area contributed by atoms with Crippen LogP contribution in [0.1, 0.15) is 24.6 Å². The third-order valence-corrected chi connectivity index (χ3v) is 5.81. The molecule has 2 heterocycles. The number of rotatable bonds is 5. The number of amides is 1. The zero-order valence-corrected chi connectivity index (χ0v) is 13.1. The minimum absolute atomic E-state index is 0.124. The van der Waals surface area contributed by atoms with Crippen LogP contribution in [-0.4, -0.2) is 40.7 Å². The first kappa shape index (κ1) is 15.4. The predicted molar refractivity (Wildman–Crippen MR) is 82.0 cm³/mol. The van der Waals surface area contributed by atoms with Gasteiger partial charge in [-0.15, -0.1) is 23.1 Å². The SMILES string of the molecule is CC1(C(=O)O)CCN(C(=O)CSCc2cccs2)CC1. The van der Waals surface area contributed by atoms with Crippen molar-refractivity contribution in [2.75, 3.05) is 18.8 Å². The van der Waals surface area contributed by atoms with Gasteiger partial charge in [0.05, 0.1) is 11.2 Å². The lowest BCUT2D eigenvalue weighted by Crippen LogP contribution is -2.45. The van der Waals surface area contributed by atoms with Crippen molar-refractivity contribution in [3.8, 4) is 0 Å². The van der Waals surface area contributed by atoms with Crippen molar-refractivity contribution in [1.29, 1.82) is 0 Å². The average molecular weight is 313 g/mol. The topological polar surface area (TPSA) is 57.6 Å². The summed E-state index contributed by atoms with van der Waals surface area (Å²) in [7, 11) is 0. The van der Waals surface area contributed by atoms with E-state index >= 15 is 0 Å². The molecule has 0 spiro atoms. The number of hydrogen-bond acceptors (Lipinski definition) is 4. The fourth-order valence-corrected chi connectivity index (χ4v) is 3.96. The summed E-state index contributed by atoms with van der Waals surface area (Å²) in [5.41, 5.74) is -0.666. The number of piperidine rings is 1. The molecule has 1 N–H and O–H groups in total. The molecule has 0 saturated carbocycles. The van der Waals surface area contributed by atoms with E-state index in [9.17, 15) is 9.59 Å². The number of carbonyl (C=O) groups excluding carboxylic acids is 1. The molecule has 1 aromatic heterocycles. The van der Waals surface area contributed by atoms with Crippen LogP contribution in [0.15, 0.2) is 17.5 Å². The summed E-state index contributed by atoms with van der Waals surface area (Å²) < 4.78 is 0. The van der Waals surface area contributed by atoms with Crippen LogP contribution in [0.4, 0.5) is 0 Å². The van der Waals surface area contributed by atoms with Gasteiger partial charge in [-0.05, 0) is 31.2 Å². The van der Waals surface area contributed by atoms with Gasteiger partial charge in [0.2, 0.25) is 5.91 Å². The van der Waals surface area contributed by atoms with E-state index in [1.165, 1.54) is 4.88 Å².